The van der Waals surface area contributed by atoms with E-state index in [1.165, 1.54) is 25.5 Å². The van der Waals surface area contributed by atoms with Gasteiger partial charge in [-0.15, -0.1) is 0 Å². The lowest BCUT2D eigenvalue weighted by Crippen LogP contribution is -2.15. The normalized spacial score (nSPS) is 9.89. The van der Waals surface area contributed by atoms with Gasteiger partial charge in [-0.2, -0.15) is 0 Å². The Hall–Kier alpha value is -2.50. The third-order valence-electron chi connectivity index (χ3n) is 2.29. The van der Waals surface area contributed by atoms with Crippen molar-refractivity contribution in [2.75, 3.05) is 17.7 Å². The second-order valence-corrected chi connectivity index (χ2v) is 3.47. The van der Waals surface area contributed by atoms with Crippen LogP contribution in [-0.4, -0.2) is 22.9 Å². The van der Waals surface area contributed by atoms with E-state index in [1.54, 1.807) is 18.3 Å². The van der Waals surface area contributed by atoms with Gasteiger partial charge in [-0.3, -0.25) is 9.78 Å². The predicted octanol–water partition coefficient (Wildman–Crippen LogP) is 1.91. The fourth-order valence-corrected chi connectivity index (χ4v) is 1.43. The minimum atomic E-state index is -0.679. The quantitative estimate of drug-likeness (QED) is 0.868. The first-order chi connectivity index (χ1) is 8.72. The van der Waals surface area contributed by atoms with Crippen LogP contribution in [-0.2, 0) is 0 Å². The fourth-order valence-electron chi connectivity index (χ4n) is 1.43. The topological polar surface area (TPSA) is 66.9 Å². The Bertz CT molecular complexity index is 559. The van der Waals surface area contributed by atoms with Crippen molar-refractivity contribution in [1.82, 2.24) is 9.97 Å². The summed E-state index contributed by atoms with van der Waals surface area (Å²) in [6.45, 7) is 0. The number of carbonyl (C=O) groups is 1. The van der Waals surface area contributed by atoms with Crippen molar-refractivity contribution < 1.29 is 9.18 Å². The lowest BCUT2D eigenvalue weighted by atomic mass is 10.2. The highest BCUT2D eigenvalue weighted by atomic mass is 19.1. The van der Waals surface area contributed by atoms with E-state index in [2.05, 4.69) is 20.6 Å². The van der Waals surface area contributed by atoms with Gasteiger partial charge in [0.1, 0.15) is 0 Å². The second kappa shape index (κ2) is 5.22. The standard InChI is InChI=1S/C12H11FN4O/c1-14-11-10(13)9(4-6-16-11)12(18)17-8-3-2-5-15-7-8/h2-7H,1H3,(H,14,16)(H,17,18). The summed E-state index contributed by atoms with van der Waals surface area (Å²) in [5.41, 5.74) is 0.433. The summed E-state index contributed by atoms with van der Waals surface area (Å²) in [6, 6.07) is 4.67. The number of anilines is 2. The Morgan fingerprint density at radius 2 is 2.17 bits per heavy atom. The summed E-state index contributed by atoms with van der Waals surface area (Å²) >= 11 is 0. The van der Waals surface area contributed by atoms with Gasteiger partial charge in [-0.25, -0.2) is 9.37 Å². The minimum absolute atomic E-state index is 0.0360. The molecule has 0 unspecified atom stereocenters. The largest absolute Gasteiger partial charge is 0.371 e. The molecule has 0 spiro atoms. The molecule has 2 N–H and O–H groups in total. The molecule has 0 fully saturated rings. The van der Waals surface area contributed by atoms with Crippen LogP contribution in [0.1, 0.15) is 10.4 Å². The van der Waals surface area contributed by atoms with E-state index in [9.17, 15) is 9.18 Å². The molecule has 2 rings (SSSR count). The van der Waals surface area contributed by atoms with Crippen LogP contribution in [0, 0.1) is 5.82 Å². The predicted molar refractivity (Wildman–Crippen MR) is 65.9 cm³/mol. The van der Waals surface area contributed by atoms with Crippen LogP contribution in [0.5, 0.6) is 0 Å². The molecule has 0 radical (unpaired) electrons. The Kier molecular flexibility index (Phi) is 3.47. The van der Waals surface area contributed by atoms with Crippen LogP contribution < -0.4 is 10.6 Å². The van der Waals surface area contributed by atoms with Gasteiger partial charge in [0.2, 0.25) is 0 Å². The van der Waals surface area contributed by atoms with Crippen molar-refractivity contribution in [2.45, 2.75) is 0 Å². The third kappa shape index (κ3) is 2.42. The Morgan fingerprint density at radius 3 is 2.83 bits per heavy atom. The number of rotatable bonds is 3. The second-order valence-electron chi connectivity index (χ2n) is 3.47. The van der Waals surface area contributed by atoms with E-state index >= 15 is 0 Å². The first-order valence-corrected chi connectivity index (χ1v) is 5.26. The molecular formula is C12H11FN4O. The van der Waals surface area contributed by atoms with E-state index < -0.39 is 11.7 Å². The Morgan fingerprint density at radius 1 is 1.33 bits per heavy atom. The highest BCUT2D eigenvalue weighted by Crippen LogP contribution is 2.16. The van der Waals surface area contributed by atoms with E-state index in [0.29, 0.717) is 5.69 Å². The number of nitrogens with one attached hydrogen (secondary N) is 2. The summed E-state index contributed by atoms with van der Waals surface area (Å²) in [5, 5.41) is 5.13. The number of halogens is 1. The number of carbonyl (C=O) groups excluding carboxylic acids is 1. The van der Waals surface area contributed by atoms with Gasteiger partial charge in [0.25, 0.3) is 5.91 Å². The van der Waals surface area contributed by atoms with E-state index in [-0.39, 0.29) is 11.4 Å². The average Bonchev–Trinajstić information content (AvgIpc) is 2.40. The van der Waals surface area contributed by atoms with Gasteiger partial charge < -0.3 is 10.6 Å². The zero-order valence-electron chi connectivity index (χ0n) is 9.64. The molecule has 0 aliphatic carbocycles. The monoisotopic (exact) mass is 246 g/mol. The maximum absolute atomic E-state index is 13.8. The van der Waals surface area contributed by atoms with Crippen molar-refractivity contribution in [3.63, 3.8) is 0 Å². The summed E-state index contributed by atoms with van der Waals surface area (Å²) in [6.07, 6.45) is 4.44. The lowest BCUT2D eigenvalue weighted by Gasteiger charge is -2.07. The van der Waals surface area contributed by atoms with Crippen LogP contribution in [0.3, 0.4) is 0 Å². The van der Waals surface area contributed by atoms with Crippen molar-refractivity contribution in [3.05, 3.63) is 48.2 Å². The fraction of sp³-hybridized carbons (Fsp3) is 0.0833. The van der Waals surface area contributed by atoms with E-state index in [1.807, 2.05) is 0 Å². The molecule has 2 aromatic rings. The molecule has 0 atom stereocenters. The number of pyridine rings is 2. The van der Waals surface area contributed by atoms with Gasteiger partial charge in [0.05, 0.1) is 17.4 Å². The summed E-state index contributed by atoms with van der Waals surface area (Å²) in [4.78, 5) is 19.5. The zero-order chi connectivity index (χ0) is 13.0. The summed E-state index contributed by atoms with van der Waals surface area (Å²) in [5.74, 6) is -1.19. The van der Waals surface area contributed by atoms with Gasteiger partial charge in [-0.1, -0.05) is 0 Å². The number of aromatic nitrogens is 2. The number of nitrogens with zero attached hydrogens (tertiary/aromatic N) is 2. The minimum Gasteiger partial charge on any atom is -0.371 e. The van der Waals surface area contributed by atoms with Gasteiger partial charge in [0.15, 0.2) is 11.6 Å². The third-order valence-corrected chi connectivity index (χ3v) is 2.29. The highest BCUT2D eigenvalue weighted by Gasteiger charge is 2.15. The number of hydrogen-bond donors (Lipinski definition) is 2. The SMILES string of the molecule is CNc1nccc(C(=O)Nc2cccnc2)c1F. The molecule has 0 aromatic carbocycles. The van der Waals surface area contributed by atoms with Gasteiger partial charge in [-0.05, 0) is 18.2 Å². The molecule has 0 saturated heterocycles. The van der Waals surface area contributed by atoms with Crippen molar-refractivity contribution in [1.29, 1.82) is 0 Å². The van der Waals surface area contributed by atoms with Crippen LogP contribution in [0.15, 0.2) is 36.8 Å². The van der Waals surface area contributed by atoms with Gasteiger partial charge in [0, 0.05) is 19.4 Å². The Balaban J connectivity index is 2.24. The molecule has 92 valence electrons. The van der Waals surface area contributed by atoms with Crippen LogP contribution in [0.2, 0.25) is 0 Å². The molecule has 0 bridgehead atoms. The molecule has 0 aliphatic rings. The van der Waals surface area contributed by atoms with Crippen LogP contribution in [0.4, 0.5) is 15.9 Å². The molecule has 5 nitrogen and oxygen atoms in total. The number of hydrogen-bond acceptors (Lipinski definition) is 4. The molecule has 0 saturated carbocycles. The van der Waals surface area contributed by atoms with Crippen molar-refractivity contribution >= 4 is 17.4 Å². The van der Waals surface area contributed by atoms with Gasteiger partial charge >= 0.3 is 0 Å². The molecule has 18 heavy (non-hydrogen) atoms. The molecule has 6 heteroatoms. The zero-order valence-corrected chi connectivity index (χ0v) is 9.64. The highest BCUT2D eigenvalue weighted by molar-refractivity contribution is 6.04. The summed E-state index contributed by atoms with van der Waals surface area (Å²) < 4.78 is 13.8. The van der Waals surface area contributed by atoms with Crippen LogP contribution >= 0.6 is 0 Å². The van der Waals surface area contributed by atoms with Crippen molar-refractivity contribution in [3.8, 4) is 0 Å². The van der Waals surface area contributed by atoms with Crippen LogP contribution in [0.25, 0.3) is 0 Å². The Labute approximate surface area is 103 Å². The number of amides is 1. The molecular weight excluding hydrogens is 235 g/mol. The first-order valence-electron chi connectivity index (χ1n) is 5.26. The van der Waals surface area contributed by atoms with E-state index in [0.717, 1.165) is 0 Å². The average molecular weight is 246 g/mol. The summed E-state index contributed by atoms with van der Waals surface area (Å²) in [7, 11) is 1.54. The van der Waals surface area contributed by atoms with E-state index in [4.69, 9.17) is 0 Å². The molecule has 2 heterocycles. The maximum Gasteiger partial charge on any atom is 0.258 e. The van der Waals surface area contributed by atoms with Crippen molar-refractivity contribution in [2.24, 2.45) is 0 Å². The smallest absolute Gasteiger partial charge is 0.258 e. The lowest BCUT2D eigenvalue weighted by molar-refractivity contribution is 0.102. The molecule has 2 aromatic heterocycles. The first kappa shape index (κ1) is 12.0. The molecule has 0 aliphatic heterocycles. The molecule has 1 amide bonds. The maximum atomic E-state index is 13.8.